The fourth-order valence-corrected chi connectivity index (χ4v) is 2.33. The second kappa shape index (κ2) is 8.64. The molecule has 1 heterocycles. The predicted octanol–water partition coefficient (Wildman–Crippen LogP) is 1.94. The Kier molecular flexibility index (Phi) is 7.19. The van der Waals surface area contributed by atoms with Gasteiger partial charge in [-0.1, -0.05) is 0 Å². The lowest BCUT2D eigenvalue weighted by Crippen LogP contribution is -2.27. The smallest absolute Gasteiger partial charge is 0.251 e. The van der Waals surface area contributed by atoms with E-state index in [9.17, 15) is 9.59 Å². The van der Waals surface area contributed by atoms with Crippen molar-refractivity contribution in [3.05, 3.63) is 29.8 Å². The van der Waals surface area contributed by atoms with Gasteiger partial charge in [0, 0.05) is 30.3 Å². The molecule has 21 heavy (non-hydrogen) atoms. The van der Waals surface area contributed by atoms with E-state index < -0.39 is 0 Å². The molecule has 0 saturated carbocycles. The van der Waals surface area contributed by atoms with Gasteiger partial charge in [-0.25, -0.2) is 0 Å². The van der Waals surface area contributed by atoms with Crippen LogP contribution < -0.4 is 16.0 Å². The quantitative estimate of drug-likeness (QED) is 0.778. The van der Waals surface area contributed by atoms with Gasteiger partial charge in [0.2, 0.25) is 5.91 Å². The average molecular weight is 312 g/mol. The number of carbonyl (C=O) groups excluding carboxylic acids is 2. The molecule has 2 amide bonds. The second-order valence-electron chi connectivity index (χ2n) is 4.98. The van der Waals surface area contributed by atoms with Crippen LogP contribution in [0.5, 0.6) is 0 Å². The van der Waals surface area contributed by atoms with Gasteiger partial charge in [0.25, 0.3) is 5.91 Å². The van der Waals surface area contributed by atoms with E-state index in [2.05, 4.69) is 16.0 Å². The standard InChI is InChI=1S/C15H21N3O2.ClH/c1-2-16-15(20)11-5-7-12(8-6-11)18-14(19)10-13-4-3-9-17-13;/h5-8,13,17H,2-4,9-10H2,1H3,(H,16,20)(H,18,19);1H. The monoisotopic (exact) mass is 311 g/mol. The third-order valence-corrected chi connectivity index (χ3v) is 3.36. The zero-order valence-electron chi connectivity index (χ0n) is 12.1. The lowest BCUT2D eigenvalue weighted by molar-refractivity contribution is -0.116. The van der Waals surface area contributed by atoms with Crippen LogP contribution in [0.4, 0.5) is 5.69 Å². The Bertz CT molecular complexity index is 470. The van der Waals surface area contributed by atoms with Crippen LogP contribution in [0.1, 0.15) is 36.5 Å². The van der Waals surface area contributed by atoms with E-state index in [1.165, 1.54) is 0 Å². The summed E-state index contributed by atoms with van der Waals surface area (Å²) < 4.78 is 0. The maximum atomic E-state index is 11.9. The van der Waals surface area contributed by atoms with Crippen molar-refractivity contribution in [2.45, 2.75) is 32.2 Å². The van der Waals surface area contributed by atoms with Gasteiger partial charge in [0.1, 0.15) is 0 Å². The summed E-state index contributed by atoms with van der Waals surface area (Å²) in [5, 5.41) is 8.89. The van der Waals surface area contributed by atoms with Crippen molar-refractivity contribution in [1.82, 2.24) is 10.6 Å². The predicted molar refractivity (Wildman–Crippen MR) is 86.0 cm³/mol. The van der Waals surface area contributed by atoms with Crippen LogP contribution in [0, 0.1) is 0 Å². The van der Waals surface area contributed by atoms with Crippen LogP contribution in [0.2, 0.25) is 0 Å². The highest BCUT2D eigenvalue weighted by molar-refractivity contribution is 5.95. The van der Waals surface area contributed by atoms with Crippen molar-refractivity contribution < 1.29 is 9.59 Å². The third-order valence-electron chi connectivity index (χ3n) is 3.36. The first-order chi connectivity index (χ1) is 9.69. The largest absolute Gasteiger partial charge is 0.352 e. The van der Waals surface area contributed by atoms with Crippen LogP contribution >= 0.6 is 12.4 Å². The topological polar surface area (TPSA) is 70.2 Å². The molecular formula is C15H22ClN3O2. The molecule has 116 valence electrons. The zero-order valence-corrected chi connectivity index (χ0v) is 13.0. The van der Waals surface area contributed by atoms with Crippen LogP contribution in [0.15, 0.2) is 24.3 Å². The molecule has 1 aliphatic rings. The molecule has 1 unspecified atom stereocenters. The number of halogens is 1. The van der Waals surface area contributed by atoms with E-state index in [0.717, 1.165) is 25.1 Å². The average Bonchev–Trinajstić information content (AvgIpc) is 2.92. The molecule has 0 spiro atoms. The summed E-state index contributed by atoms with van der Waals surface area (Å²) in [6.07, 6.45) is 2.70. The molecule has 1 aliphatic heterocycles. The van der Waals surface area contributed by atoms with E-state index in [4.69, 9.17) is 0 Å². The number of nitrogens with one attached hydrogen (secondary N) is 3. The van der Waals surface area contributed by atoms with Crippen molar-refractivity contribution in [3.63, 3.8) is 0 Å². The Morgan fingerprint density at radius 2 is 2.00 bits per heavy atom. The van der Waals surface area contributed by atoms with E-state index in [0.29, 0.717) is 24.6 Å². The van der Waals surface area contributed by atoms with Gasteiger partial charge in [-0.3, -0.25) is 9.59 Å². The maximum Gasteiger partial charge on any atom is 0.251 e. The first-order valence-electron chi connectivity index (χ1n) is 7.10. The zero-order chi connectivity index (χ0) is 14.4. The molecule has 1 aromatic carbocycles. The number of hydrogen-bond acceptors (Lipinski definition) is 3. The van der Waals surface area contributed by atoms with Crippen LogP contribution in [0.25, 0.3) is 0 Å². The highest BCUT2D eigenvalue weighted by atomic mass is 35.5. The summed E-state index contributed by atoms with van der Waals surface area (Å²) >= 11 is 0. The maximum absolute atomic E-state index is 11.9. The molecule has 2 rings (SSSR count). The molecule has 0 aromatic heterocycles. The van der Waals surface area contributed by atoms with Crippen molar-refractivity contribution in [2.24, 2.45) is 0 Å². The summed E-state index contributed by atoms with van der Waals surface area (Å²) in [6.45, 7) is 3.48. The fourth-order valence-electron chi connectivity index (χ4n) is 2.33. The minimum Gasteiger partial charge on any atom is -0.352 e. The van der Waals surface area contributed by atoms with Gasteiger partial charge in [0.05, 0.1) is 0 Å². The number of benzene rings is 1. The van der Waals surface area contributed by atoms with Crippen molar-refractivity contribution >= 4 is 29.9 Å². The molecule has 1 aromatic rings. The highest BCUT2D eigenvalue weighted by Gasteiger charge is 2.17. The van der Waals surface area contributed by atoms with Crippen LogP contribution in [-0.2, 0) is 4.79 Å². The normalized spacial score (nSPS) is 16.9. The van der Waals surface area contributed by atoms with Crippen LogP contribution in [0.3, 0.4) is 0 Å². The van der Waals surface area contributed by atoms with Crippen LogP contribution in [-0.4, -0.2) is 30.9 Å². The minimum absolute atomic E-state index is 0. The number of rotatable bonds is 5. The Balaban J connectivity index is 0.00000220. The second-order valence-corrected chi connectivity index (χ2v) is 4.98. The summed E-state index contributed by atoms with van der Waals surface area (Å²) in [5.41, 5.74) is 1.32. The molecule has 5 nitrogen and oxygen atoms in total. The van der Waals surface area contributed by atoms with E-state index >= 15 is 0 Å². The van der Waals surface area contributed by atoms with Crippen molar-refractivity contribution in [2.75, 3.05) is 18.4 Å². The Morgan fingerprint density at radius 3 is 2.57 bits per heavy atom. The van der Waals surface area contributed by atoms with Gasteiger partial charge in [-0.2, -0.15) is 0 Å². The number of amides is 2. The summed E-state index contributed by atoms with van der Waals surface area (Å²) in [5.74, 6) is -0.0873. The van der Waals surface area contributed by atoms with Gasteiger partial charge >= 0.3 is 0 Å². The molecule has 0 bridgehead atoms. The fraction of sp³-hybridized carbons (Fsp3) is 0.467. The minimum atomic E-state index is -0.0967. The number of carbonyl (C=O) groups is 2. The Morgan fingerprint density at radius 1 is 1.29 bits per heavy atom. The first kappa shape index (κ1) is 17.5. The van der Waals surface area contributed by atoms with E-state index in [1.54, 1.807) is 24.3 Å². The lowest BCUT2D eigenvalue weighted by atomic mass is 10.1. The molecule has 0 radical (unpaired) electrons. The molecule has 0 aliphatic carbocycles. The van der Waals surface area contributed by atoms with Gasteiger partial charge in [-0.15, -0.1) is 12.4 Å². The molecule has 1 atom stereocenters. The third kappa shape index (κ3) is 5.36. The number of hydrogen-bond donors (Lipinski definition) is 3. The summed E-state index contributed by atoms with van der Waals surface area (Å²) in [4.78, 5) is 23.5. The van der Waals surface area contributed by atoms with Crippen molar-refractivity contribution in [3.8, 4) is 0 Å². The van der Waals surface area contributed by atoms with E-state index in [-0.39, 0.29) is 24.2 Å². The lowest BCUT2D eigenvalue weighted by Gasteiger charge is -2.10. The highest BCUT2D eigenvalue weighted by Crippen LogP contribution is 2.13. The first-order valence-corrected chi connectivity index (χ1v) is 7.10. The van der Waals surface area contributed by atoms with E-state index in [1.807, 2.05) is 6.92 Å². The van der Waals surface area contributed by atoms with Gasteiger partial charge < -0.3 is 16.0 Å². The Labute approximate surface area is 131 Å². The van der Waals surface area contributed by atoms with Gasteiger partial charge in [0.15, 0.2) is 0 Å². The molecule has 3 N–H and O–H groups in total. The SMILES string of the molecule is CCNC(=O)c1ccc(NC(=O)CC2CCCN2)cc1.Cl. The number of anilines is 1. The molecule has 1 saturated heterocycles. The molecular weight excluding hydrogens is 290 g/mol. The summed E-state index contributed by atoms with van der Waals surface area (Å²) in [7, 11) is 0. The van der Waals surface area contributed by atoms with Crippen molar-refractivity contribution in [1.29, 1.82) is 0 Å². The molecule has 1 fully saturated rings. The Hall–Kier alpha value is -1.59. The molecule has 6 heteroatoms. The van der Waals surface area contributed by atoms with Gasteiger partial charge in [-0.05, 0) is 50.6 Å². The summed E-state index contributed by atoms with van der Waals surface area (Å²) in [6, 6.07) is 7.24.